The fraction of sp³-hybridized carbons (Fsp3) is 0. The molecule has 10 heavy (non-hydrogen) atoms. The third-order valence-electron chi connectivity index (χ3n) is 1.13. The van der Waals surface area contributed by atoms with E-state index in [0.29, 0.717) is 11.1 Å². The molecule has 0 amide bonds. The van der Waals surface area contributed by atoms with E-state index in [-0.39, 0.29) is 0 Å². The molecule has 1 aromatic rings. The second kappa shape index (κ2) is 2.85. The van der Waals surface area contributed by atoms with Crippen LogP contribution in [0.15, 0.2) is 22.7 Å². The van der Waals surface area contributed by atoms with Gasteiger partial charge in [-0.15, -0.1) is 0 Å². The van der Waals surface area contributed by atoms with Crippen molar-refractivity contribution in [1.29, 1.82) is 5.26 Å². The Morgan fingerprint density at radius 3 is 2.70 bits per heavy atom. The predicted octanol–water partition coefficient (Wildman–Crippen LogP) is 2.38. The fourth-order valence-electron chi connectivity index (χ4n) is 0.597. The summed E-state index contributed by atoms with van der Waals surface area (Å²) in [5, 5.41) is 8.44. The molecule has 0 spiro atoms. The van der Waals surface area contributed by atoms with Crippen molar-refractivity contribution in [1.82, 2.24) is 0 Å². The van der Waals surface area contributed by atoms with Crippen LogP contribution in [0, 0.1) is 18.3 Å². The van der Waals surface area contributed by atoms with Gasteiger partial charge in [0, 0.05) is 4.47 Å². The van der Waals surface area contributed by atoms with E-state index in [2.05, 4.69) is 15.9 Å². The average molecular weight is 194 g/mol. The van der Waals surface area contributed by atoms with Crippen molar-refractivity contribution in [2.45, 2.75) is 0 Å². The van der Waals surface area contributed by atoms with Crippen molar-refractivity contribution in [2.24, 2.45) is 0 Å². The molecular weight excluding hydrogens is 190 g/mol. The van der Waals surface area contributed by atoms with Gasteiger partial charge in [0.25, 0.3) is 0 Å². The van der Waals surface area contributed by atoms with E-state index < -0.39 is 0 Å². The van der Waals surface area contributed by atoms with Crippen molar-refractivity contribution < 1.29 is 0 Å². The van der Waals surface area contributed by atoms with Gasteiger partial charge in [0.05, 0.1) is 11.6 Å². The summed E-state index contributed by atoms with van der Waals surface area (Å²) in [6.45, 7) is 5.49. The third-order valence-corrected chi connectivity index (χ3v) is 1.82. The van der Waals surface area contributed by atoms with E-state index >= 15 is 0 Å². The van der Waals surface area contributed by atoms with Crippen molar-refractivity contribution in [2.75, 3.05) is 0 Å². The zero-order valence-electron chi connectivity index (χ0n) is 5.13. The minimum atomic E-state index is 0.612. The highest BCUT2D eigenvalue weighted by atomic mass is 79.9. The Balaban J connectivity index is 3.20. The van der Waals surface area contributed by atoms with Crippen LogP contribution in [-0.4, -0.2) is 0 Å². The first-order valence-electron chi connectivity index (χ1n) is 2.69. The maximum atomic E-state index is 8.44. The van der Waals surface area contributed by atoms with Crippen LogP contribution >= 0.6 is 15.9 Å². The number of hydrogen-bond acceptors (Lipinski definition) is 1. The lowest BCUT2D eigenvalue weighted by molar-refractivity contribution is 1.46. The van der Waals surface area contributed by atoms with Gasteiger partial charge >= 0.3 is 0 Å². The summed E-state index contributed by atoms with van der Waals surface area (Å²) < 4.78 is 0.770. The average Bonchev–Trinajstić information content (AvgIpc) is 1.95. The maximum Gasteiger partial charge on any atom is 0.0992 e. The van der Waals surface area contributed by atoms with Gasteiger partial charge in [-0.2, -0.15) is 5.26 Å². The Bertz CT molecular complexity index is 286. The van der Waals surface area contributed by atoms with Crippen LogP contribution in [0.4, 0.5) is 0 Å². The lowest BCUT2D eigenvalue weighted by atomic mass is 10.2. The summed E-state index contributed by atoms with van der Waals surface area (Å²) in [7, 11) is 0. The minimum absolute atomic E-state index is 0.612. The molecule has 0 unspecified atom stereocenters. The highest BCUT2D eigenvalue weighted by Crippen LogP contribution is 2.16. The summed E-state index contributed by atoms with van der Waals surface area (Å²) in [6.07, 6.45) is 0. The molecule has 48 valence electrons. The molecule has 1 rings (SSSR count). The molecular formula is C8H4BrN. The predicted molar refractivity (Wildman–Crippen MR) is 42.3 cm³/mol. The fourth-order valence-corrected chi connectivity index (χ4v) is 0.975. The van der Waals surface area contributed by atoms with Gasteiger partial charge in [0.1, 0.15) is 0 Å². The first kappa shape index (κ1) is 7.30. The largest absolute Gasteiger partial charge is 0.192 e. The number of nitrogens with zero attached hydrogens (tertiary/aromatic N) is 1. The van der Waals surface area contributed by atoms with Gasteiger partial charge in [-0.25, -0.2) is 0 Å². The van der Waals surface area contributed by atoms with Crippen molar-refractivity contribution in [3.8, 4) is 6.07 Å². The van der Waals surface area contributed by atoms with E-state index in [4.69, 9.17) is 12.2 Å². The van der Waals surface area contributed by atoms with E-state index in [1.807, 2.05) is 6.07 Å². The van der Waals surface area contributed by atoms with E-state index in [1.165, 1.54) is 0 Å². The minimum Gasteiger partial charge on any atom is -0.192 e. The van der Waals surface area contributed by atoms with Crippen LogP contribution in [0.3, 0.4) is 0 Å². The molecule has 0 aliphatic heterocycles. The molecule has 0 saturated carbocycles. The number of benzene rings is 1. The normalized spacial score (nSPS) is 8.90. The summed E-state index contributed by atoms with van der Waals surface area (Å²) >= 11 is 3.21. The van der Waals surface area contributed by atoms with E-state index in [1.54, 1.807) is 18.2 Å². The van der Waals surface area contributed by atoms with Gasteiger partial charge in [-0.3, -0.25) is 0 Å². The lowest BCUT2D eigenvalue weighted by Crippen LogP contribution is -1.77. The molecule has 0 fully saturated rings. The van der Waals surface area contributed by atoms with Crippen molar-refractivity contribution in [3.05, 3.63) is 40.7 Å². The van der Waals surface area contributed by atoms with Gasteiger partial charge in [-0.1, -0.05) is 22.0 Å². The molecule has 0 heterocycles. The number of hydrogen-bond donors (Lipinski definition) is 0. The Labute approximate surface area is 68.4 Å². The van der Waals surface area contributed by atoms with Crippen molar-refractivity contribution >= 4 is 15.9 Å². The van der Waals surface area contributed by atoms with Crippen LogP contribution in [0.1, 0.15) is 11.1 Å². The molecule has 1 aromatic carbocycles. The highest BCUT2D eigenvalue weighted by Gasteiger charge is 1.94. The van der Waals surface area contributed by atoms with Crippen LogP contribution in [0.2, 0.25) is 0 Å². The van der Waals surface area contributed by atoms with Crippen LogP contribution < -0.4 is 0 Å². The molecule has 1 nitrogen and oxygen atoms in total. The molecule has 2 radical (unpaired) electrons. The molecule has 0 aromatic heterocycles. The van der Waals surface area contributed by atoms with Crippen LogP contribution in [0.25, 0.3) is 0 Å². The van der Waals surface area contributed by atoms with Gasteiger partial charge < -0.3 is 0 Å². The molecule has 0 N–H and O–H groups in total. The molecule has 0 aliphatic carbocycles. The first-order chi connectivity index (χ1) is 4.74. The van der Waals surface area contributed by atoms with Gasteiger partial charge in [-0.05, 0) is 24.6 Å². The number of halogens is 1. The molecule has 0 saturated heterocycles. The van der Waals surface area contributed by atoms with Crippen molar-refractivity contribution in [3.63, 3.8) is 0 Å². The summed E-state index contributed by atoms with van der Waals surface area (Å²) in [6, 6.07) is 7.08. The standard InChI is InChI=1S/C8H4BrN/c1-6-2-3-7(5-10)4-8(6)9/h1-4H. The molecule has 0 atom stereocenters. The van der Waals surface area contributed by atoms with Gasteiger partial charge in [0.15, 0.2) is 0 Å². The lowest BCUT2D eigenvalue weighted by Gasteiger charge is -1.94. The van der Waals surface area contributed by atoms with Crippen LogP contribution in [0.5, 0.6) is 0 Å². The molecule has 2 heteroatoms. The monoisotopic (exact) mass is 193 g/mol. The quantitative estimate of drug-likeness (QED) is 0.621. The number of rotatable bonds is 0. The zero-order chi connectivity index (χ0) is 7.56. The van der Waals surface area contributed by atoms with E-state index in [9.17, 15) is 0 Å². The van der Waals surface area contributed by atoms with E-state index in [0.717, 1.165) is 4.47 Å². The zero-order valence-corrected chi connectivity index (χ0v) is 6.72. The summed E-state index contributed by atoms with van der Waals surface area (Å²) in [5.41, 5.74) is 1.26. The number of nitriles is 1. The molecule has 0 bridgehead atoms. The molecule has 0 aliphatic rings. The first-order valence-corrected chi connectivity index (χ1v) is 3.48. The Morgan fingerprint density at radius 2 is 2.20 bits per heavy atom. The smallest absolute Gasteiger partial charge is 0.0992 e. The second-order valence-electron chi connectivity index (χ2n) is 1.85. The second-order valence-corrected chi connectivity index (χ2v) is 2.70. The Kier molecular flexibility index (Phi) is 2.08. The SMILES string of the molecule is [CH]c1ccc(C#N)cc1Br. The Morgan fingerprint density at radius 1 is 1.50 bits per heavy atom. The third kappa shape index (κ3) is 1.37. The topological polar surface area (TPSA) is 23.8 Å². The van der Waals surface area contributed by atoms with Gasteiger partial charge in [0.2, 0.25) is 0 Å². The summed E-state index contributed by atoms with van der Waals surface area (Å²) in [4.78, 5) is 0. The summed E-state index contributed by atoms with van der Waals surface area (Å²) in [5.74, 6) is 0. The highest BCUT2D eigenvalue weighted by molar-refractivity contribution is 9.10. The maximum absolute atomic E-state index is 8.44. The van der Waals surface area contributed by atoms with Crippen LogP contribution in [-0.2, 0) is 0 Å². The Hall–Kier alpha value is -0.810.